The van der Waals surface area contributed by atoms with Gasteiger partial charge in [0.15, 0.2) is 5.76 Å². The van der Waals surface area contributed by atoms with Gasteiger partial charge in [-0.05, 0) is 55.5 Å². The minimum absolute atomic E-state index is 0.0522. The maximum atomic E-state index is 13.6. The first-order chi connectivity index (χ1) is 16.2. The molecule has 0 aliphatic carbocycles. The molecule has 1 aromatic heterocycles. The SMILES string of the molecule is CCNC(=O)c1cccc(NC(=O)CNc2ccc(NC(=O)c3ccco3)cc2C(F)(F)F)c1. The van der Waals surface area contributed by atoms with Gasteiger partial charge in [0.25, 0.3) is 11.8 Å². The van der Waals surface area contributed by atoms with E-state index in [4.69, 9.17) is 4.42 Å². The number of furan rings is 1. The highest BCUT2D eigenvalue weighted by Gasteiger charge is 2.34. The first kappa shape index (κ1) is 24.4. The summed E-state index contributed by atoms with van der Waals surface area (Å²) < 4.78 is 45.7. The van der Waals surface area contributed by atoms with E-state index in [0.29, 0.717) is 17.8 Å². The summed E-state index contributed by atoms with van der Waals surface area (Å²) in [5.74, 6) is -1.68. The molecule has 1 heterocycles. The van der Waals surface area contributed by atoms with Crippen LogP contribution in [0.4, 0.5) is 30.2 Å². The third kappa shape index (κ3) is 6.37. The lowest BCUT2D eigenvalue weighted by molar-refractivity contribution is -0.137. The number of rotatable bonds is 8. The van der Waals surface area contributed by atoms with Gasteiger partial charge < -0.3 is 25.7 Å². The number of alkyl halides is 3. The Morgan fingerprint density at radius 2 is 1.68 bits per heavy atom. The van der Waals surface area contributed by atoms with Crippen molar-refractivity contribution in [2.75, 3.05) is 29.0 Å². The van der Waals surface area contributed by atoms with Crippen LogP contribution < -0.4 is 21.3 Å². The number of amides is 3. The Hall–Kier alpha value is -4.28. The van der Waals surface area contributed by atoms with Gasteiger partial charge in [-0.15, -0.1) is 0 Å². The zero-order chi connectivity index (χ0) is 24.7. The summed E-state index contributed by atoms with van der Waals surface area (Å²) in [6.45, 7) is 1.74. The second-order valence-corrected chi connectivity index (χ2v) is 7.03. The van der Waals surface area contributed by atoms with Gasteiger partial charge in [-0.1, -0.05) is 6.07 Å². The monoisotopic (exact) mass is 474 g/mol. The molecule has 0 radical (unpaired) electrons. The van der Waals surface area contributed by atoms with Crippen LogP contribution in [0.2, 0.25) is 0 Å². The summed E-state index contributed by atoms with van der Waals surface area (Å²) in [7, 11) is 0. The molecule has 3 rings (SSSR count). The molecule has 3 amide bonds. The van der Waals surface area contributed by atoms with Crippen molar-refractivity contribution < 1.29 is 32.0 Å². The highest BCUT2D eigenvalue weighted by molar-refractivity contribution is 6.02. The lowest BCUT2D eigenvalue weighted by Crippen LogP contribution is -2.24. The fraction of sp³-hybridized carbons (Fsp3) is 0.174. The van der Waals surface area contributed by atoms with Crippen LogP contribution in [0.1, 0.15) is 33.4 Å². The van der Waals surface area contributed by atoms with E-state index in [2.05, 4.69) is 21.3 Å². The standard InChI is InChI=1S/C23H21F3N4O4/c1-2-27-21(32)14-5-3-6-15(11-14)29-20(31)13-28-18-9-8-16(12-17(18)23(24,25)26)30-22(33)19-7-4-10-34-19/h3-12,28H,2,13H2,1H3,(H,27,32)(H,29,31)(H,30,33). The van der Waals surface area contributed by atoms with Crippen molar-refractivity contribution in [3.05, 3.63) is 77.7 Å². The third-order valence-electron chi connectivity index (χ3n) is 4.51. The molecule has 11 heteroatoms. The molecule has 0 fully saturated rings. The topological polar surface area (TPSA) is 112 Å². The van der Waals surface area contributed by atoms with Crippen molar-refractivity contribution >= 4 is 34.8 Å². The number of benzene rings is 2. The van der Waals surface area contributed by atoms with E-state index in [1.54, 1.807) is 25.1 Å². The molecule has 0 saturated heterocycles. The Morgan fingerprint density at radius 1 is 0.912 bits per heavy atom. The van der Waals surface area contributed by atoms with Gasteiger partial charge in [0, 0.05) is 29.2 Å². The van der Waals surface area contributed by atoms with E-state index < -0.39 is 30.1 Å². The Balaban J connectivity index is 1.67. The summed E-state index contributed by atoms with van der Waals surface area (Å²) in [5, 5.41) is 9.96. The Labute approximate surface area is 192 Å². The lowest BCUT2D eigenvalue weighted by atomic mass is 10.1. The summed E-state index contributed by atoms with van der Waals surface area (Å²) in [4.78, 5) is 36.2. The summed E-state index contributed by atoms with van der Waals surface area (Å²) >= 11 is 0. The van der Waals surface area contributed by atoms with Crippen LogP contribution in [0.3, 0.4) is 0 Å². The van der Waals surface area contributed by atoms with Crippen molar-refractivity contribution in [3.8, 4) is 0 Å². The van der Waals surface area contributed by atoms with Crippen molar-refractivity contribution in [2.45, 2.75) is 13.1 Å². The number of carbonyl (C=O) groups excluding carboxylic acids is 3. The average molecular weight is 474 g/mol. The van der Waals surface area contributed by atoms with Crippen LogP contribution in [0.25, 0.3) is 0 Å². The summed E-state index contributed by atoms with van der Waals surface area (Å²) in [6.07, 6.45) is -3.48. The van der Waals surface area contributed by atoms with E-state index in [1.807, 2.05) is 0 Å². The molecule has 2 aromatic carbocycles. The molecule has 0 unspecified atom stereocenters. The van der Waals surface area contributed by atoms with Gasteiger partial charge in [0.2, 0.25) is 5.91 Å². The maximum Gasteiger partial charge on any atom is 0.418 e. The molecule has 0 aliphatic rings. The zero-order valence-electron chi connectivity index (χ0n) is 18.0. The second-order valence-electron chi connectivity index (χ2n) is 7.03. The predicted octanol–water partition coefficient (Wildman–Crippen LogP) is 4.35. The normalized spacial score (nSPS) is 10.9. The summed E-state index contributed by atoms with van der Waals surface area (Å²) in [5.41, 5.74) is -0.835. The smallest absolute Gasteiger partial charge is 0.418 e. The van der Waals surface area contributed by atoms with Crippen LogP contribution in [-0.4, -0.2) is 30.8 Å². The van der Waals surface area contributed by atoms with Crippen molar-refractivity contribution in [1.82, 2.24) is 5.32 Å². The first-order valence-corrected chi connectivity index (χ1v) is 10.2. The molecule has 0 spiro atoms. The van der Waals surface area contributed by atoms with Crippen molar-refractivity contribution in [3.63, 3.8) is 0 Å². The maximum absolute atomic E-state index is 13.6. The first-order valence-electron chi connectivity index (χ1n) is 10.2. The second kappa shape index (κ2) is 10.6. The van der Waals surface area contributed by atoms with E-state index in [-0.39, 0.29) is 23.0 Å². The molecule has 8 nitrogen and oxygen atoms in total. The molecule has 34 heavy (non-hydrogen) atoms. The highest BCUT2D eigenvalue weighted by Crippen LogP contribution is 2.36. The van der Waals surface area contributed by atoms with Crippen LogP contribution in [0.5, 0.6) is 0 Å². The van der Waals surface area contributed by atoms with Crippen LogP contribution in [-0.2, 0) is 11.0 Å². The fourth-order valence-electron chi connectivity index (χ4n) is 2.99. The van der Waals surface area contributed by atoms with Crippen LogP contribution in [0, 0.1) is 0 Å². The largest absolute Gasteiger partial charge is 0.459 e. The molecule has 3 aromatic rings. The fourth-order valence-corrected chi connectivity index (χ4v) is 2.99. The Kier molecular flexibility index (Phi) is 7.57. The minimum Gasteiger partial charge on any atom is -0.459 e. The molecule has 0 atom stereocenters. The van der Waals surface area contributed by atoms with Crippen molar-refractivity contribution in [2.24, 2.45) is 0 Å². The van der Waals surface area contributed by atoms with Gasteiger partial charge in [-0.25, -0.2) is 0 Å². The Bertz CT molecular complexity index is 1180. The number of hydrogen-bond donors (Lipinski definition) is 4. The van der Waals surface area contributed by atoms with Gasteiger partial charge >= 0.3 is 6.18 Å². The molecule has 0 saturated carbocycles. The van der Waals surface area contributed by atoms with Crippen LogP contribution >= 0.6 is 0 Å². The predicted molar refractivity (Wildman–Crippen MR) is 120 cm³/mol. The molecular weight excluding hydrogens is 453 g/mol. The number of hydrogen-bond acceptors (Lipinski definition) is 5. The molecule has 4 N–H and O–H groups in total. The van der Waals surface area contributed by atoms with Crippen LogP contribution in [0.15, 0.2) is 65.3 Å². The van der Waals surface area contributed by atoms with E-state index in [9.17, 15) is 27.6 Å². The molecule has 0 bridgehead atoms. The van der Waals surface area contributed by atoms with Crippen molar-refractivity contribution in [1.29, 1.82) is 0 Å². The number of nitrogens with one attached hydrogen (secondary N) is 4. The average Bonchev–Trinajstić information content (AvgIpc) is 3.33. The van der Waals surface area contributed by atoms with Gasteiger partial charge in [0.05, 0.1) is 18.4 Å². The molecule has 0 aliphatic heterocycles. The lowest BCUT2D eigenvalue weighted by Gasteiger charge is -2.16. The van der Waals surface area contributed by atoms with Gasteiger partial charge in [0.1, 0.15) is 0 Å². The molecular formula is C23H21F3N4O4. The van der Waals surface area contributed by atoms with Gasteiger partial charge in [-0.3, -0.25) is 14.4 Å². The van der Waals surface area contributed by atoms with E-state index in [1.165, 1.54) is 30.5 Å². The minimum atomic E-state index is -4.74. The highest BCUT2D eigenvalue weighted by atomic mass is 19.4. The Morgan fingerprint density at radius 3 is 2.35 bits per heavy atom. The number of carbonyl (C=O) groups is 3. The zero-order valence-corrected chi connectivity index (χ0v) is 18.0. The third-order valence-corrected chi connectivity index (χ3v) is 4.51. The molecule has 178 valence electrons. The van der Waals surface area contributed by atoms with E-state index in [0.717, 1.165) is 12.1 Å². The number of halogens is 3. The number of anilines is 3. The van der Waals surface area contributed by atoms with E-state index >= 15 is 0 Å². The van der Waals surface area contributed by atoms with Gasteiger partial charge in [-0.2, -0.15) is 13.2 Å². The quantitative estimate of drug-likeness (QED) is 0.388. The summed E-state index contributed by atoms with van der Waals surface area (Å²) in [6, 6.07) is 12.2.